The highest BCUT2D eigenvalue weighted by atomic mass is 32.2. The van der Waals surface area contributed by atoms with Gasteiger partial charge in [-0.1, -0.05) is 0 Å². The lowest BCUT2D eigenvalue weighted by atomic mass is 9.95. The smallest absolute Gasteiger partial charge is 0.238 e. The van der Waals surface area contributed by atoms with E-state index in [1.54, 1.807) is 12.1 Å². The molecule has 1 aliphatic rings. The average molecular weight is 315 g/mol. The van der Waals surface area contributed by atoms with Gasteiger partial charge in [-0.15, -0.1) is 0 Å². The molecule has 2 rings (SSSR count). The van der Waals surface area contributed by atoms with Gasteiger partial charge in [0.05, 0.1) is 4.90 Å². The standard InChI is InChI=1S/C13H21N3O2S2/c1-19-12-4-2-10(3-5-12)16-11-6-9(14)7-13(8-11)20(15,17)18/h6-8,10,12,16H,2-5,14H2,1H3,(H2,15,17,18). The molecule has 0 bridgehead atoms. The summed E-state index contributed by atoms with van der Waals surface area (Å²) in [4.78, 5) is 0.0535. The van der Waals surface area contributed by atoms with Crippen molar-refractivity contribution < 1.29 is 8.42 Å². The molecule has 0 amide bonds. The Morgan fingerprint density at radius 3 is 2.40 bits per heavy atom. The van der Waals surface area contributed by atoms with E-state index in [-0.39, 0.29) is 4.90 Å². The van der Waals surface area contributed by atoms with E-state index in [1.807, 2.05) is 11.8 Å². The molecule has 0 unspecified atom stereocenters. The van der Waals surface area contributed by atoms with Crippen LogP contribution in [0.2, 0.25) is 0 Å². The minimum Gasteiger partial charge on any atom is -0.399 e. The largest absolute Gasteiger partial charge is 0.399 e. The molecule has 1 aromatic carbocycles. The normalized spacial score (nSPS) is 23.5. The molecule has 7 heteroatoms. The Morgan fingerprint density at radius 1 is 1.20 bits per heavy atom. The van der Waals surface area contributed by atoms with Crippen molar-refractivity contribution in [2.75, 3.05) is 17.3 Å². The van der Waals surface area contributed by atoms with Gasteiger partial charge in [0.2, 0.25) is 10.0 Å². The quantitative estimate of drug-likeness (QED) is 0.738. The first-order chi connectivity index (χ1) is 9.38. The van der Waals surface area contributed by atoms with Crippen molar-refractivity contribution >= 4 is 33.2 Å². The number of rotatable bonds is 4. The molecule has 0 spiro atoms. The molecule has 0 heterocycles. The van der Waals surface area contributed by atoms with Crippen molar-refractivity contribution in [1.82, 2.24) is 0 Å². The zero-order valence-electron chi connectivity index (χ0n) is 11.5. The Balaban J connectivity index is 2.09. The van der Waals surface area contributed by atoms with Crippen molar-refractivity contribution in [3.63, 3.8) is 0 Å². The van der Waals surface area contributed by atoms with Crippen molar-refractivity contribution in [3.05, 3.63) is 18.2 Å². The van der Waals surface area contributed by atoms with Crippen LogP contribution in [-0.2, 0) is 10.0 Å². The summed E-state index contributed by atoms with van der Waals surface area (Å²) in [7, 11) is -3.72. The highest BCUT2D eigenvalue weighted by Gasteiger charge is 2.20. The highest BCUT2D eigenvalue weighted by Crippen LogP contribution is 2.29. The van der Waals surface area contributed by atoms with Gasteiger partial charge in [-0.3, -0.25) is 0 Å². The molecule has 5 nitrogen and oxygen atoms in total. The van der Waals surface area contributed by atoms with E-state index in [0.717, 1.165) is 23.8 Å². The minimum atomic E-state index is -3.72. The number of thioether (sulfide) groups is 1. The predicted molar refractivity (Wildman–Crippen MR) is 85.4 cm³/mol. The molecule has 0 aromatic heterocycles. The van der Waals surface area contributed by atoms with Gasteiger partial charge in [0.1, 0.15) is 0 Å². The summed E-state index contributed by atoms with van der Waals surface area (Å²) in [6.45, 7) is 0. The van der Waals surface area contributed by atoms with Crippen molar-refractivity contribution in [1.29, 1.82) is 0 Å². The van der Waals surface area contributed by atoms with Gasteiger partial charge >= 0.3 is 0 Å². The third-order valence-electron chi connectivity index (χ3n) is 3.64. The summed E-state index contributed by atoms with van der Waals surface area (Å²) >= 11 is 1.92. The molecule has 0 saturated heterocycles. The van der Waals surface area contributed by atoms with Crippen LogP contribution in [0.15, 0.2) is 23.1 Å². The molecule has 0 aliphatic heterocycles. The first-order valence-corrected chi connectivity index (χ1v) is 9.44. The molecule has 1 aromatic rings. The first-order valence-electron chi connectivity index (χ1n) is 6.61. The Hall–Kier alpha value is -0.920. The van der Waals surface area contributed by atoms with E-state index in [0.29, 0.717) is 11.7 Å². The van der Waals surface area contributed by atoms with Crippen molar-refractivity contribution in [3.8, 4) is 0 Å². The van der Waals surface area contributed by atoms with Crippen LogP contribution in [0.4, 0.5) is 11.4 Å². The lowest BCUT2D eigenvalue weighted by Gasteiger charge is -2.29. The predicted octanol–water partition coefficient (Wildman–Crippen LogP) is 2.00. The fourth-order valence-electron chi connectivity index (χ4n) is 2.55. The monoisotopic (exact) mass is 315 g/mol. The summed E-state index contributed by atoms with van der Waals surface area (Å²) < 4.78 is 22.8. The van der Waals surface area contributed by atoms with Crippen LogP contribution in [-0.4, -0.2) is 26.0 Å². The number of primary sulfonamides is 1. The van der Waals surface area contributed by atoms with Gasteiger partial charge in [0.25, 0.3) is 0 Å². The maximum atomic E-state index is 11.4. The number of anilines is 2. The average Bonchev–Trinajstić information content (AvgIpc) is 2.38. The van der Waals surface area contributed by atoms with E-state index in [4.69, 9.17) is 10.9 Å². The lowest BCUT2D eigenvalue weighted by Crippen LogP contribution is -2.27. The molecule has 0 atom stereocenters. The number of nitrogen functional groups attached to an aromatic ring is 1. The maximum absolute atomic E-state index is 11.4. The maximum Gasteiger partial charge on any atom is 0.238 e. The Morgan fingerprint density at radius 2 is 1.85 bits per heavy atom. The number of nitrogens with two attached hydrogens (primary N) is 2. The number of nitrogens with one attached hydrogen (secondary N) is 1. The fourth-order valence-corrected chi connectivity index (χ4v) is 3.88. The molecule has 1 fully saturated rings. The van der Waals surface area contributed by atoms with E-state index in [1.165, 1.54) is 18.9 Å². The Kier molecular flexibility index (Phi) is 4.82. The van der Waals surface area contributed by atoms with Gasteiger partial charge in [-0.25, -0.2) is 13.6 Å². The Labute approximate surface area is 124 Å². The lowest BCUT2D eigenvalue weighted by molar-refractivity contribution is 0.473. The van der Waals surface area contributed by atoms with Crippen LogP contribution >= 0.6 is 11.8 Å². The number of hydrogen-bond acceptors (Lipinski definition) is 5. The van der Waals surface area contributed by atoms with Crippen LogP contribution in [0.1, 0.15) is 25.7 Å². The van der Waals surface area contributed by atoms with Gasteiger partial charge in [-0.05, 0) is 50.1 Å². The van der Waals surface area contributed by atoms with Crippen LogP contribution in [0.25, 0.3) is 0 Å². The van der Waals surface area contributed by atoms with E-state index >= 15 is 0 Å². The second-order valence-electron chi connectivity index (χ2n) is 5.19. The summed E-state index contributed by atoms with van der Waals surface area (Å²) in [5.41, 5.74) is 6.87. The number of hydrogen-bond donors (Lipinski definition) is 3. The first kappa shape index (κ1) is 15.5. The molecule has 20 heavy (non-hydrogen) atoms. The second kappa shape index (κ2) is 6.24. The van der Waals surface area contributed by atoms with Gasteiger partial charge in [-0.2, -0.15) is 11.8 Å². The van der Waals surface area contributed by atoms with Gasteiger partial charge in [0.15, 0.2) is 0 Å². The zero-order chi connectivity index (χ0) is 14.8. The molecule has 1 aliphatic carbocycles. The molecule has 0 radical (unpaired) electrons. The highest BCUT2D eigenvalue weighted by molar-refractivity contribution is 7.99. The Bertz CT molecular complexity index is 567. The minimum absolute atomic E-state index is 0.0535. The van der Waals surface area contributed by atoms with Crippen LogP contribution in [0, 0.1) is 0 Å². The molecule has 5 N–H and O–H groups in total. The fraction of sp³-hybridized carbons (Fsp3) is 0.538. The van der Waals surface area contributed by atoms with E-state index < -0.39 is 10.0 Å². The number of sulfonamides is 1. The third kappa shape index (κ3) is 4.04. The zero-order valence-corrected chi connectivity index (χ0v) is 13.1. The summed E-state index contributed by atoms with van der Waals surface area (Å²) in [6, 6.07) is 5.04. The van der Waals surface area contributed by atoms with E-state index in [2.05, 4.69) is 11.6 Å². The van der Waals surface area contributed by atoms with Gasteiger partial charge in [0, 0.05) is 22.7 Å². The van der Waals surface area contributed by atoms with E-state index in [9.17, 15) is 8.42 Å². The van der Waals surface area contributed by atoms with Crippen LogP contribution < -0.4 is 16.2 Å². The molecular formula is C13H21N3O2S2. The SMILES string of the molecule is CSC1CCC(Nc2cc(N)cc(S(N)(=O)=O)c2)CC1. The number of benzene rings is 1. The topological polar surface area (TPSA) is 98.2 Å². The van der Waals surface area contributed by atoms with Crippen molar-refractivity contribution in [2.45, 2.75) is 41.9 Å². The molecule has 1 saturated carbocycles. The molecule has 112 valence electrons. The molecular weight excluding hydrogens is 294 g/mol. The summed E-state index contributed by atoms with van der Waals surface area (Å²) in [5, 5.41) is 9.26. The summed E-state index contributed by atoms with van der Waals surface area (Å²) in [5.74, 6) is 0. The second-order valence-corrected chi connectivity index (χ2v) is 7.89. The van der Waals surface area contributed by atoms with Crippen LogP contribution in [0.5, 0.6) is 0 Å². The third-order valence-corrected chi connectivity index (χ3v) is 5.67. The van der Waals surface area contributed by atoms with Crippen molar-refractivity contribution in [2.24, 2.45) is 5.14 Å². The summed E-state index contributed by atoms with van der Waals surface area (Å²) in [6.07, 6.45) is 6.69. The van der Waals surface area contributed by atoms with Crippen LogP contribution in [0.3, 0.4) is 0 Å². The van der Waals surface area contributed by atoms with Gasteiger partial charge < -0.3 is 11.1 Å².